The van der Waals surface area contributed by atoms with Gasteiger partial charge in [-0.15, -0.1) is 0 Å². The summed E-state index contributed by atoms with van der Waals surface area (Å²) in [6, 6.07) is 8.96. The number of fused-ring (bicyclic) bond motifs is 2. The van der Waals surface area contributed by atoms with Crippen molar-refractivity contribution in [2.24, 2.45) is 23.2 Å². The Morgan fingerprint density at radius 3 is 2.44 bits per heavy atom. The van der Waals surface area contributed by atoms with Crippen LogP contribution in [0.3, 0.4) is 0 Å². The second-order valence-electron chi connectivity index (χ2n) is 9.18. The standard InChI is InChI=1S/C25H32/c1-17(2)23(16-25(4,5)6)24-21-13-8-7-11-19(21)15-18(3)20-12-9-10-14-22(20)24/h7-15,17,20,23H,16H2,1-6H3. The molecule has 132 valence electrons. The molecule has 0 amide bonds. The van der Waals surface area contributed by atoms with Gasteiger partial charge in [0.1, 0.15) is 0 Å². The zero-order chi connectivity index (χ0) is 18.2. The van der Waals surface area contributed by atoms with Crippen molar-refractivity contribution in [3.63, 3.8) is 0 Å². The van der Waals surface area contributed by atoms with Crippen LogP contribution in [0, 0.1) is 23.2 Å². The lowest BCUT2D eigenvalue weighted by molar-refractivity contribution is 0.289. The highest BCUT2D eigenvalue weighted by atomic mass is 14.4. The first-order chi connectivity index (χ1) is 11.8. The first-order valence-electron chi connectivity index (χ1n) is 9.64. The molecular formula is C25H32. The molecule has 2 atom stereocenters. The monoisotopic (exact) mass is 332 g/mol. The lowest BCUT2D eigenvalue weighted by Crippen LogP contribution is -2.21. The summed E-state index contributed by atoms with van der Waals surface area (Å²) in [7, 11) is 0. The first kappa shape index (κ1) is 18.0. The van der Waals surface area contributed by atoms with Crippen LogP contribution < -0.4 is 0 Å². The third-order valence-electron chi connectivity index (χ3n) is 5.47. The van der Waals surface area contributed by atoms with Gasteiger partial charge < -0.3 is 0 Å². The van der Waals surface area contributed by atoms with Crippen molar-refractivity contribution in [2.45, 2.75) is 48.0 Å². The molecule has 0 spiro atoms. The maximum atomic E-state index is 2.39. The Bertz CT molecular complexity index is 759. The Morgan fingerprint density at radius 1 is 1.04 bits per heavy atom. The average molecular weight is 333 g/mol. The van der Waals surface area contributed by atoms with Gasteiger partial charge in [0.15, 0.2) is 0 Å². The van der Waals surface area contributed by atoms with Crippen LogP contribution in [0.1, 0.15) is 59.1 Å². The van der Waals surface area contributed by atoms with E-state index in [-0.39, 0.29) is 0 Å². The molecule has 2 aliphatic carbocycles. The molecule has 25 heavy (non-hydrogen) atoms. The molecule has 0 aliphatic heterocycles. The van der Waals surface area contributed by atoms with E-state index < -0.39 is 0 Å². The minimum atomic E-state index is 0.315. The maximum absolute atomic E-state index is 2.39. The predicted octanol–water partition coefficient (Wildman–Crippen LogP) is 7.31. The normalized spacial score (nSPS) is 20.9. The van der Waals surface area contributed by atoms with E-state index in [1.807, 2.05) is 0 Å². The van der Waals surface area contributed by atoms with Crippen LogP contribution in [-0.2, 0) is 0 Å². The topological polar surface area (TPSA) is 0 Å². The lowest BCUT2D eigenvalue weighted by Gasteiger charge is -2.34. The summed E-state index contributed by atoms with van der Waals surface area (Å²) in [6.45, 7) is 14.2. The SMILES string of the molecule is CC1=Cc2ccccc2C(C(CC(C)(C)C)C(C)C)=C2C=CC=CC12. The van der Waals surface area contributed by atoms with Gasteiger partial charge in [0.2, 0.25) is 0 Å². The zero-order valence-corrected chi connectivity index (χ0v) is 16.6. The van der Waals surface area contributed by atoms with Gasteiger partial charge in [-0.2, -0.15) is 0 Å². The van der Waals surface area contributed by atoms with Gasteiger partial charge in [0.25, 0.3) is 0 Å². The van der Waals surface area contributed by atoms with Crippen molar-refractivity contribution in [1.29, 1.82) is 0 Å². The van der Waals surface area contributed by atoms with Gasteiger partial charge in [-0.1, -0.05) is 94.8 Å². The minimum Gasteiger partial charge on any atom is -0.0730 e. The molecule has 3 rings (SSSR count). The average Bonchev–Trinajstić information content (AvgIpc) is 2.66. The van der Waals surface area contributed by atoms with E-state index in [1.54, 1.807) is 5.57 Å². The summed E-state index contributed by atoms with van der Waals surface area (Å²) < 4.78 is 0. The fourth-order valence-electron chi connectivity index (χ4n) is 4.30. The van der Waals surface area contributed by atoms with Gasteiger partial charge >= 0.3 is 0 Å². The molecule has 2 aliphatic rings. The van der Waals surface area contributed by atoms with Crippen LogP contribution in [0.5, 0.6) is 0 Å². The van der Waals surface area contributed by atoms with Gasteiger partial charge in [-0.3, -0.25) is 0 Å². The molecule has 0 heterocycles. The molecule has 2 unspecified atom stereocenters. The molecule has 0 fully saturated rings. The molecule has 0 saturated carbocycles. The number of hydrogen-bond donors (Lipinski definition) is 0. The minimum absolute atomic E-state index is 0.315. The summed E-state index contributed by atoms with van der Waals surface area (Å²) in [5.74, 6) is 1.59. The Kier molecular flexibility index (Phi) is 4.91. The molecule has 0 saturated heterocycles. The smallest absolute Gasteiger partial charge is 0.0235 e. The van der Waals surface area contributed by atoms with Crippen LogP contribution >= 0.6 is 0 Å². The van der Waals surface area contributed by atoms with Crippen LogP contribution in [0.4, 0.5) is 0 Å². The van der Waals surface area contributed by atoms with Gasteiger partial charge in [-0.05, 0) is 52.9 Å². The lowest BCUT2D eigenvalue weighted by atomic mass is 9.71. The third kappa shape index (κ3) is 3.73. The molecule has 0 radical (unpaired) electrons. The van der Waals surface area contributed by atoms with Gasteiger partial charge in [-0.25, -0.2) is 0 Å². The van der Waals surface area contributed by atoms with Crippen molar-refractivity contribution in [2.75, 3.05) is 0 Å². The third-order valence-corrected chi connectivity index (χ3v) is 5.47. The van der Waals surface area contributed by atoms with Crippen molar-refractivity contribution in [3.05, 3.63) is 70.8 Å². The van der Waals surface area contributed by atoms with Crippen molar-refractivity contribution in [3.8, 4) is 0 Å². The van der Waals surface area contributed by atoms with Gasteiger partial charge in [0, 0.05) is 5.92 Å². The van der Waals surface area contributed by atoms with Crippen LogP contribution in [0.2, 0.25) is 0 Å². The predicted molar refractivity (Wildman–Crippen MR) is 111 cm³/mol. The zero-order valence-electron chi connectivity index (χ0n) is 16.6. The summed E-state index contributed by atoms with van der Waals surface area (Å²) in [5, 5.41) is 0. The largest absolute Gasteiger partial charge is 0.0730 e. The molecule has 0 bridgehead atoms. The molecule has 0 N–H and O–H groups in total. The summed E-state index contributed by atoms with van der Waals surface area (Å²) >= 11 is 0. The Balaban J connectivity index is 2.26. The van der Waals surface area contributed by atoms with E-state index in [0.29, 0.717) is 23.2 Å². The fourth-order valence-corrected chi connectivity index (χ4v) is 4.30. The highest BCUT2D eigenvalue weighted by molar-refractivity contribution is 5.83. The van der Waals surface area contributed by atoms with E-state index >= 15 is 0 Å². The highest BCUT2D eigenvalue weighted by Gasteiger charge is 2.31. The second-order valence-corrected chi connectivity index (χ2v) is 9.18. The quantitative estimate of drug-likeness (QED) is 0.544. The summed E-state index contributed by atoms with van der Waals surface area (Å²) in [6.07, 6.45) is 12.7. The maximum Gasteiger partial charge on any atom is 0.0235 e. The Labute approximate surface area is 154 Å². The number of allylic oxidation sites excluding steroid dienone is 7. The van der Waals surface area contributed by atoms with Crippen LogP contribution in [0.15, 0.2) is 59.7 Å². The van der Waals surface area contributed by atoms with Crippen molar-refractivity contribution in [1.82, 2.24) is 0 Å². The molecular weight excluding hydrogens is 300 g/mol. The van der Waals surface area contributed by atoms with Crippen molar-refractivity contribution < 1.29 is 0 Å². The van der Waals surface area contributed by atoms with Gasteiger partial charge in [0.05, 0.1) is 0 Å². The first-order valence-corrected chi connectivity index (χ1v) is 9.64. The summed E-state index contributed by atoms with van der Waals surface area (Å²) in [5.41, 5.74) is 7.64. The number of rotatable bonds is 3. The van der Waals surface area contributed by atoms with E-state index in [1.165, 1.54) is 28.7 Å². The number of benzene rings is 1. The Morgan fingerprint density at radius 2 is 1.76 bits per heavy atom. The van der Waals surface area contributed by atoms with Crippen LogP contribution in [0.25, 0.3) is 11.6 Å². The van der Waals surface area contributed by atoms with E-state index in [4.69, 9.17) is 0 Å². The molecule has 1 aromatic carbocycles. The van der Waals surface area contributed by atoms with E-state index in [9.17, 15) is 0 Å². The second kappa shape index (κ2) is 6.83. The highest BCUT2D eigenvalue weighted by Crippen LogP contribution is 2.46. The van der Waals surface area contributed by atoms with E-state index in [2.05, 4.69) is 96.2 Å². The fraction of sp³-hybridized carbons (Fsp3) is 0.440. The molecule has 0 nitrogen and oxygen atoms in total. The summed E-state index contributed by atoms with van der Waals surface area (Å²) in [4.78, 5) is 0. The molecule has 1 aromatic rings. The van der Waals surface area contributed by atoms with E-state index in [0.717, 1.165) is 0 Å². The molecule has 0 heteroatoms. The molecule has 0 aromatic heterocycles. The van der Waals surface area contributed by atoms with Crippen LogP contribution in [-0.4, -0.2) is 0 Å². The van der Waals surface area contributed by atoms with Crippen molar-refractivity contribution >= 4 is 11.6 Å². The number of hydrogen-bond acceptors (Lipinski definition) is 0. The Hall–Kier alpha value is -1.82.